The predicted molar refractivity (Wildman–Crippen MR) is 123 cm³/mol. The third-order valence-electron chi connectivity index (χ3n) is 5.08. The molecule has 0 saturated heterocycles. The van der Waals surface area contributed by atoms with Crippen LogP contribution in [0.1, 0.15) is 11.1 Å². The summed E-state index contributed by atoms with van der Waals surface area (Å²) in [5.41, 5.74) is 1.20. The van der Waals surface area contributed by atoms with Crippen molar-refractivity contribution in [1.82, 2.24) is 0 Å². The molecular formula is C24H20BrNO2Se. The molecule has 3 aromatic carbocycles. The Kier molecular flexibility index (Phi) is 5.75. The first-order valence-corrected chi connectivity index (χ1v) is 12.1. The zero-order valence-corrected chi connectivity index (χ0v) is 19.2. The molecule has 0 saturated carbocycles. The van der Waals surface area contributed by atoms with Gasteiger partial charge in [0.1, 0.15) is 0 Å². The van der Waals surface area contributed by atoms with Crippen LogP contribution in [0.4, 0.5) is 5.69 Å². The topological polar surface area (TPSA) is 40.5 Å². The molecule has 5 heteroatoms. The van der Waals surface area contributed by atoms with E-state index in [0.29, 0.717) is 16.5 Å². The number of carbonyl (C=O) groups excluding carboxylic acids is 1. The number of hydrogen-bond acceptors (Lipinski definition) is 2. The van der Waals surface area contributed by atoms with Crippen LogP contribution < -0.4 is 9.36 Å². The van der Waals surface area contributed by atoms with Crippen LogP contribution in [0.25, 0.3) is 5.57 Å². The number of nitrogens with zero attached hydrogens (tertiary/aromatic N) is 1. The van der Waals surface area contributed by atoms with E-state index < -0.39 is 5.60 Å². The van der Waals surface area contributed by atoms with Gasteiger partial charge in [-0.15, -0.1) is 0 Å². The van der Waals surface area contributed by atoms with Gasteiger partial charge in [0.15, 0.2) is 0 Å². The number of likely N-dealkylation sites (N-methyl/N-ethyl adjacent to an activating group) is 1. The Morgan fingerprint density at radius 2 is 1.55 bits per heavy atom. The Hall–Kier alpha value is -2.17. The summed E-state index contributed by atoms with van der Waals surface area (Å²) in [7, 11) is 1.72. The third-order valence-corrected chi connectivity index (χ3v) is 8.79. The second kappa shape index (κ2) is 8.29. The fraction of sp³-hybridized carbons (Fsp3) is 0.125. The van der Waals surface area contributed by atoms with Gasteiger partial charge in [-0.05, 0) is 0 Å². The molecule has 3 aromatic rings. The van der Waals surface area contributed by atoms with Gasteiger partial charge >= 0.3 is 186 Å². The number of benzene rings is 3. The first kappa shape index (κ1) is 20.1. The molecule has 1 aliphatic heterocycles. The van der Waals surface area contributed by atoms with Crippen LogP contribution in [0, 0.1) is 0 Å². The van der Waals surface area contributed by atoms with E-state index in [1.54, 1.807) is 11.9 Å². The average Bonchev–Trinajstić information content (AvgIpc) is 2.97. The second-order valence-corrected chi connectivity index (χ2v) is 9.82. The maximum atomic E-state index is 13.4. The Labute approximate surface area is 185 Å². The zero-order valence-electron chi connectivity index (χ0n) is 15.9. The van der Waals surface area contributed by atoms with E-state index >= 15 is 0 Å². The van der Waals surface area contributed by atoms with Crippen LogP contribution in [0.3, 0.4) is 0 Å². The average molecular weight is 513 g/mol. The standard InChI is InChI=1S/C24H20BrNO2Se/c1-26-20-15-9-8-14-19(20)24(28,23(26)27)22(17-10-4-2-5-11-17)21(16-25)29-18-12-6-3-7-13-18/h2-15,28H,16H2,1H3/b22-21+/t24-/m1/s1. The van der Waals surface area contributed by atoms with Crippen LogP contribution >= 0.6 is 15.9 Å². The molecule has 0 bridgehead atoms. The second-order valence-electron chi connectivity index (χ2n) is 6.80. The van der Waals surface area contributed by atoms with Crippen molar-refractivity contribution in [2.45, 2.75) is 5.60 Å². The molecule has 0 aromatic heterocycles. The molecule has 0 aliphatic carbocycles. The number of amides is 1. The van der Waals surface area contributed by atoms with Gasteiger partial charge in [0.2, 0.25) is 0 Å². The maximum absolute atomic E-state index is 13.4. The first-order chi connectivity index (χ1) is 14.1. The number of aliphatic hydroxyl groups is 1. The molecule has 3 nitrogen and oxygen atoms in total. The number of carbonyl (C=O) groups is 1. The van der Waals surface area contributed by atoms with Crippen LogP contribution in [0.15, 0.2) is 89.4 Å². The molecule has 0 radical (unpaired) electrons. The van der Waals surface area contributed by atoms with Crippen molar-refractivity contribution < 1.29 is 9.90 Å². The predicted octanol–water partition coefficient (Wildman–Crippen LogP) is 3.69. The van der Waals surface area contributed by atoms with Crippen molar-refractivity contribution >= 4 is 52.5 Å². The number of fused-ring (bicyclic) bond motifs is 1. The number of alkyl halides is 1. The number of rotatable bonds is 5. The van der Waals surface area contributed by atoms with E-state index in [2.05, 4.69) is 28.1 Å². The number of anilines is 1. The fourth-order valence-corrected chi connectivity index (χ4v) is 6.71. The number of halogens is 1. The van der Waals surface area contributed by atoms with Crippen molar-refractivity contribution in [2.75, 3.05) is 17.3 Å². The molecule has 4 rings (SSSR count). The Morgan fingerprint density at radius 3 is 2.21 bits per heavy atom. The number of allylic oxidation sites excluding steroid dienone is 1. The zero-order chi connectivity index (χ0) is 20.4. The van der Waals surface area contributed by atoms with E-state index in [0.717, 1.165) is 15.7 Å². The monoisotopic (exact) mass is 513 g/mol. The molecular weight excluding hydrogens is 493 g/mol. The van der Waals surface area contributed by atoms with Gasteiger partial charge in [-0.2, -0.15) is 0 Å². The molecule has 1 atom stereocenters. The third kappa shape index (κ3) is 3.49. The minimum absolute atomic E-state index is 0.0535. The Balaban J connectivity index is 1.98. The molecule has 0 fully saturated rings. The van der Waals surface area contributed by atoms with Crippen molar-refractivity contribution in [3.05, 3.63) is 101 Å². The first-order valence-electron chi connectivity index (χ1n) is 9.25. The van der Waals surface area contributed by atoms with Gasteiger partial charge < -0.3 is 0 Å². The fourth-order valence-electron chi connectivity index (χ4n) is 3.73. The van der Waals surface area contributed by atoms with Crippen molar-refractivity contribution in [3.63, 3.8) is 0 Å². The van der Waals surface area contributed by atoms with E-state index in [1.165, 1.54) is 4.46 Å². The van der Waals surface area contributed by atoms with Gasteiger partial charge in [-0.25, -0.2) is 0 Å². The van der Waals surface area contributed by atoms with Gasteiger partial charge in [-0.1, -0.05) is 0 Å². The van der Waals surface area contributed by atoms with Crippen LogP contribution in [0.5, 0.6) is 0 Å². The van der Waals surface area contributed by atoms with Crippen molar-refractivity contribution in [3.8, 4) is 0 Å². The summed E-state index contributed by atoms with van der Waals surface area (Å²) in [6, 6.07) is 27.4. The van der Waals surface area contributed by atoms with Gasteiger partial charge in [0, 0.05) is 0 Å². The molecule has 146 valence electrons. The summed E-state index contributed by atoms with van der Waals surface area (Å²) >= 11 is 3.59. The normalized spacial score (nSPS) is 19.1. The van der Waals surface area contributed by atoms with Crippen LogP contribution in [0.2, 0.25) is 0 Å². The molecule has 0 spiro atoms. The molecule has 0 unspecified atom stereocenters. The Morgan fingerprint density at radius 1 is 0.966 bits per heavy atom. The van der Waals surface area contributed by atoms with Gasteiger partial charge in [0.05, 0.1) is 0 Å². The number of hydrogen-bond donors (Lipinski definition) is 1. The molecule has 29 heavy (non-hydrogen) atoms. The van der Waals surface area contributed by atoms with Crippen molar-refractivity contribution in [2.24, 2.45) is 0 Å². The summed E-state index contributed by atoms with van der Waals surface area (Å²) in [5.74, 6) is -0.320. The van der Waals surface area contributed by atoms with Gasteiger partial charge in [-0.3, -0.25) is 0 Å². The van der Waals surface area contributed by atoms with Crippen LogP contribution in [-0.2, 0) is 10.4 Å². The summed E-state index contributed by atoms with van der Waals surface area (Å²) in [6.45, 7) is 0. The minimum atomic E-state index is -1.72. The Bertz CT molecular complexity index is 1070. The van der Waals surface area contributed by atoms with E-state index in [4.69, 9.17) is 0 Å². The van der Waals surface area contributed by atoms with E-state index in [1.807, 2.05) is 72.8 Å². The SMILES string of the molecule is CN1C(=O)[C@](O)(/C(=C(\CBr)[Se]c2ccccc2)c2ccccc2)c2ccccc21. The summed E-state index contributed by atoms with van der Waals surface area (Å²) in [6.07, 6.45) is 0. The summed E-state index contributed by atoms with van der Waals surface area (Å²) < 4.78 is 2.23. The molecule has 1 amide bonds. The molecule has 1 aliphatic rings. The summed E-state index contributed by atoms with van der Waals surface area (Å²) in [5, 5.41) is 12.6. The molecule has 1 N–H and O–H groups in total. The molecule has 1 heterocycles. The van der Waals surface area contributed by atoms with Crippen LogP contribution in [-0.4, -0.2) is 38.3 Å². The summed E-state index contributed by atoms with van der Waals surface area (Å²) in [4.78, 5) is 15.0. The van der Waals surface area contributed by atoms with Gasteiger partial charge in [0.25, 0.3) is 0 Å². The van der Waals surface area contributed by atoms with Crippen molar-refractivity contribution in [1.29, 1.82) is 0 Å². The number of para-hydroxylation sites is 1. The quantitative estimate of drug-likeness (QED) is 0.418. The van der Waals surface area contributed by atoms with E-state index in [9.17, 15) is 9.90 Å². The van der Waals surface area contributed by atoms with E-state index in [-0.39, 0.29) is 20.9 Å².